The van der Waals surface area contributed by atoms with Gasteiger partial charge in [-0.2, -0.15) is 5.10 Å². The van der Waals surface area contributed by atoms with Crippen LogP contribution in [0.5, 0.6) is 5.75 Å². The van der Waals surface area contributed by atoms with Gasteiger partial charge in [0.2, 0.25) is 0 Å². The van der Waals surface area contributed by atoms with E-state index in [-0.39, 0.29) is 16.6 Å². The van der Waals surface area contributed by atoms with Gasteiger partial charge in [-0.15, -0.1) is 0 Å². The van der Waals surface area contributed by atoms with Crippen LogP contribution >= 0.6 is 0 Å². The lowest BCUT2D eigenvalue weighted by Crippen LogP contribution is -2.21. The Balaban J connectivity index is 0.00000190. The van der Waals surface area contributed by atoms with Crippen molar-refractivity contribution >= 4 is 23.6 Å². The molecule has 0 radical (unpaired) electrons. The molecule has 0 fully saturated rings. The van der Waals surface area contributed by atoms with E-state index in [0.29, 0.717) is 17.1 Å². The third-order valence-corrected chi connectivity index (χ3v) is 4.50. The van der Waals surface area contributed by atoms with Gasteiger partial charge in [-0.25, -0.2) is 9.98 Å². The number of phenols is 1. The summed E-state index contributed by atoms with van der Waals surface area (Å²) in [4.78, 5) is 8.34. The van der Waals surface area contributed by atoms with Gasteiger partial charge in [0.05, 0.1) is 0 Å². The van der Waals surface area contributed by atoms with Crippen molar-refractivity contribution in [1.29, 1.82) is 0 Å². The molecule has 0 atom stereocenters. The van der Waals surface area contributed by atoms with Gasteiger partial charge in [0.1, 0.15) is 17.8 Å². The normalized spacial score (nSPS) is 15.9. The Morgan fingerprint density at radius 2 is 1.61 bits per heavy atom. The molecule has 28 heavy (non-hydrogen) atoms. The summed E-state index contributed by atoms with van der Waals surface area (Å²) in [7, 11) is 1.81. The van der Waals surface area contributed by atoms with Crippen LogP contribution in [-0.4, -0.2) is 30.0 Å². The molecule has 1 aromatic rings. The fourth-order valence-corrected chi connectivity index (χ4v) is 2.64. The van der Waals surface area contributed by atoms with Crippen molar-refractivity contribution in [3.8, 4) is 5.75 Å². The lowest BCUT2D eigenvalue weighted by Gasteiger charge is -2.29. The van der Waals surface area contributed by atoms with E-state index in [0.717, 1.165) is 16.8 Å². The van der Waals surface area contributed by atoms with Crippen LogP contribution in [0.4, 0.5) is 5.69 Å². The topological polar surface area (TPSA) is 60.5 Å². The third-order valence-electron chi connectivity index (χ3n) is 4.50. The monoisotopic (exact) mass is 384 g/mol. The molecule has 0 unspecified atom stereocenters. The van der Waals surface area contributed by atoms with Crippen LogP contribution < -0.4 is 5.01 Å². The summed E-state index contributed by atoms with van der Waals surface area (Å²) in [6.07, 6.45) is 1.47. The van der Waals surface area contributed by atoms with Crippen LogP contribution in [-0.2, 0) is 10.8 Å². The number of nitrogens with zero attached hydrogens (tertiary/aromatic N) is 4. The molecule has 1 heterocycles. The predicted molar refractivity (Wildman–Crippen MR) is 123 cm³/mol. The zero-order chi connectivity index (χ0) is 21.9. The molecule has 0 saturated carbocycles. The summed E-state index contributed by atoms with van der Waals surface area (Å²) in [5, 5.41) is 17.2. The molecule has 1 aliphatic rings. The Labute approximate surface area is 170 Å². The molecule has 2 rings (SSSR count). The molecule has 1 aromatic carbocycles. The Hall–Kier alpha value is -2.43. The van der Waals surface area contributed by atoms with Crippen LogP contribution in [0, 0.1) is 0 Å². The van der Waals surface area contributed by atoms with Gasteiger partial charge in [0.25, 0.3) is 0 Å². The van der Waals surface area contributed by atoms with E-state index in [1.165, 1.54) is 6.34 Å². The second-order valence-corrected chi connectivity index (χ2v) is 8.78. The molecular formula is C23H36N4O. The molecule has 0 amide bonds. The number of amidine groups is 1. The van der Waals surface area contributed by atoms with Crippen LogP contribution in [0.1, 0.15) is 73.4 Å². The molecule has 0 saturated heterocycles. The van der Waals surface area contributed by atoms with Gasteiger partial charge in [-0.3, -0.25) is 5.01 Å². The molecule has 154 valence electrons. The van der Waals surface area contributed by atoms with E-state index in [1.54, 1.807) is 5.01 Å². The Morgan fingerprint density at radius 1 is 1.04 bits per heavy atom. The first-order valence-electron chi connectivity index (χ1n) is 9.79. The molecule has 0 aromatic heterocycles. The first-order valence-corrected chi connectivity index (χ1v) is 9.79. The first-order chi connectivity index (χ1) is 12.8. The summed E-state index contributed by atoms with van der Waals surface area (Å²) < 4.78 is 0. The molecular weight excluding hydrogens is 348 g/mol. The van der Waals surface area contributed by atoms with Gasteiger partial charge in [0, 0.05) is 23.9 Å². The van der Waals surface area contributed by atoms with Crippen molar-refractivity contribution in [1.82, 2.24) is 0 Å². The van der Waals surface area contributed by atoms with Crippen LogP contribution in [0.2, 0.25) is 0 Å². The number of hydrogen-bond acceptors (Lipinski definition) is 4. The molecule has 5 heteroatoms. The maximum atomic E-state index is 10.9. The van der Waals surface area contributed by atoms with Crippen molar-refractivity contribution in [3.05, 3.63) is 35.4 Å². The average Bonchev–Trinajstić information content (AvgIpc) is 2.58. The predicted octanol–water partition coefficient (Wildman–Crippen LogP) is 5.82. The quantitative estimate of drug-likeness (QED) is 0.653. The second kappa shape index (κ2) is 8.72. The van der Waals surface area contributed by atoms with E-state index in [1.807, 2.05) is 33.9 Å². The first kappa shape index (κ1) is 23.6. The summed E-state index contributed by atoms with van der Waals surface area (Å²) in [6, 6.07) is 4.08. The van der Waals surface area contributed by atoms with E-state index < -0.39 is 0 Å². The molecule has 1 aliphatic heterocycles. The number of benzene rings is 1. The molecule has 0 spiro atoms. The van der Waals surface area contributed by atoms with E-state index in [4.69, 9.17) is 0 Å². The van der Waals surface area contributed by atoms with Gasteiger partial charge >= 0.3 is 0 Å². The molecule has 5 nitrogen and oxygen atoms in total. The SMILES string of the molecule is C=C1C(C)=NC=N/C1=N/N(C)c1cc(C(C)(C)C)cc(C(C)(C)C)c1O.CC. The maximum absolute atomic E-state index is 10.9. The summed E-state index contributed by atoms with van der Waals surface area (Å²) >= 11 is 0. The zero-order valence-electron chi connectivity index (χ0n) is 19.2. The number of rotatable bonds is 2. The van der Waals surface area contributed by atoms with E-state index in [2.05, 4.69) is 69.3 Å². The lowest BCUT2D eigenvalue weighted by atomic mass is 9.79. The highest BCUT2D eigenvalue weighted by molar-refractivity contribution is 6.27. The number of phenolic OH excluding ortho intramolecular Hbond substituents is 1. The number of aromatic hydroxyl groups is 1. The molecule has 0 bridgehead atoms. The van der Waals surface area contributed by atoms with Crippen molar-refractivity contribution < 1.29 is 5.11 Å². The van der Waals surface area contributed by atoms with Crippen molar-refractivity contribution in [2.45, 2.75) is 73.1 Å². The maximum Gasteiger partial charge on any atom is 0.182 e. The summed E-state index contributed by atoms with van der Waals surface area (Å²) in [5.41, 5.74) is 3.92. The molecule has 0 aliphatic carbocycles. The van der Waals surface area contributed by atoms with Gasteiger partial charge in [0.15, 0.2) is 5.84 Å². The highest BCUT2D eigenvalue weighted by atomic mass is 16.3. The smallest absolute Gasteiger partial charge is 0.182 e. The zero-order valence-corrected chi connectivity index (χ0v) is 19.2. The Kier molecular flexibility index (Phi) is 7.35. The number of anilines is 1. The van der Waals surface area contributed by atoms with Gasteiger partial charge < -0.3 is 5.11 Å². The van der Waals surface area contributed by atoms with Gasteiger partial charge in [-0.1, -0.05) is 68.0 Å². The molecule has 1 N–H and O–H groups in total. The fraction of sp³-hybridized carbons (Fsp3) is 0.522. The van der Waals surface area contributed by atoms with Crippen molar-refractivity contribution in [2.75, 3.05) is 12.1 Å². The highest BCUT2D eigenvalue weighted by Crippen LogP contribution is 2.41. The van der Waals surface area contributed by atoms with Crippen molar-refractivity contribution in [2.24, 2.45) is 15.1 Å². The number of hydrogen-bond donors (Lipinski definition) is 1. The van der Waals surface area contributed by atoms with Crippen molar-refractivity contribution in [3.63, 3.8) is 0 Å². The van der Waals surface area contributed by atoms with Gasteiger partial charge in [-0.05, 0) is 29.4 Å². The minimum absolute atomic E-state index is 0.0493. The Morgan fingerprint density at radius 3 is 2.11 bits per heavy atom. The largest absolute Gasteiger partial charge is 0.505 e. The summed E-state index contributed by atoms with van der Waals surface area (Å²) in [6.45, 7) is 22.6. The van der Waals surface area contributed by atoms with E-state index in [9.17, 15) is 5.11 Å². The van der Waals surface area contributed by atoms with Crippen LogP contribution in [0.15, 0.2) is 39.4 Å². The highest BCUT2D eigenvalue weighted by Gasteiger charge is 2.26. The van der Waals surface area contributed by atoms with Crippen LogP contribution in [0.25, 0.3) is 0 Å². The standard InChI is InChI=1S/C21H30N4O.C2H6/c1-13-14(2)22-12-23-19(13)24-25(9)17-11-15(20(3,4)5)10-16(18(17)26)21(6,7)8;1-2/h10-12,26H,1H2,2-9H3;1-2H3/b24-19+;. The lowest BCUT2D eigenvalue weighted by molar-refractivity contribution is 0.444. The Bertz CT molecular complexity index is 818. The van der Waals surface area contributed by atoms with E-state index >= 15 is 0 Å². The third kappa shape index (κ3) is 5.31. The average molecular weight is 385 g/mol. The summed E-state index contributed by atoms with van der Waals surface area (Å²) in [5.74, 6) is 0.742. The number of aliphatic imine (C=N–C) groups is 2. The number of hydrazone groups is 1. The fourth-order valence-electron chi connectivity index (χ4n) is 2.64. The minimum atomic E-state index is -0.191. The second-order valence-electron chi connectivity index (χ2n) is 8.78. The minimum Gasteiger partial charge on any atom is -0.505 e. The van der Waals surface area contributed by atoms with Crippen LogP contribution in [0.3, 0.4) is 0 Å².